The number of carbonyl (C=O) groups is 2. The smallest absolute Gasteiger partial charge is 0.258 e. The van der Waals surface area contributed by atoms with Gasteiger partial charge in [-0.25, -0.2) is 0 Å². The topological polar surface area (TPSA) is 86.6 Å². The number of imide groups is 1. The molecular formula is C16H13NO4. The zero-order chi connectivity index (χ0) is 15.0. The van der Waals surface area contributed by atoms with Gasteiger partial charge in [0.1, 0.15) is 0 Å². The predicted molar refractivity (Wildman–Crippen MR) is 75.4 cm³/mol. The third kappa shape index (κ3) is 2.45. The Labute approximate surface area is 120 Å². The van der Waals surface area contributed by atoms with Crippen molar-refractivity contribution >= 4 is 11.8 Å². The molecule has 0 saturated carbocycles. The Morgan fingerprint density at radius 2 is 1.38 bits per heavy atom. The molecule has 0 saturated heterocycles. The molecule has 0 atom stereocenters. The van der Waals surface area contributed by atoms with Gasteiger partial charge in [0.05, 0.1) is 11.1 Å². The van der Waals surface area contributed by atoms with Crippen LogP contribution in [0, 0.1) is 0 Å². The summed E-state index contributed by atoms with van der Waals surface area (Å²) in [5.74, 6) is -1.01. The van der Waals surface area contributed by atoms with Crippen LogP contribution in [0.1, 0.15) is 31.8 Å². The van der Waals surface area contributed by atoms with E-state index in [0.29, 0.717) is 24.0 Å². The lowest BCUT2D eigenvalue weighted by atomic mass is 10.00. The maximum absolute atomic E-state index is 11.6. The molecule has 2 aromatic rings. The van der Waals surface area contributed by atoms with E-state index in [4.69, 9.17) is 0 Å². The van der Waals surface area contributed by atoms with Gasteiger partial charge in [-0.05, 0) is 48.2 Å². The molecule has 0 aliphatic carbocycles. The summed E-state index contributed by atoms with van der Waals surface area (Å²) in [5, 5.41) is 21.0. The molecule has 1 aliphatic heterocycles. The van der Waals surface area contributed by atoms with Crippen molar-refractivity contribution in [2.75, 3.05) is 0 Å². The van der Waals surface area contributed by atoms with Gasteiger partial charge in [0.2, 0.25) is 0 Å². The summed E-state index contributed by atoms with van der Waals surface area (Å²) in [6, 6.07) is 9.88. The minimum absolute atomic E-state index is 0.147. The van der Waals surface area contributed by atoms with Crippen LogP contribution in [0.3, 0.4) is 0 Å². The number of nitrogens with one attached hydrogen (secondary N) is 1. The fourth-order valence-corrected chi connectivity index (χ4v) is 2.38. The van der Waals surface area contributed by atoms with E-state index < -0.39 is 0 Å². The number of hydrogen-bond donors (Lipinski definition) is 3. The van der Waals surface area contributed by atoms with Crippen LogP contribution in [-0.2, 0) is 12.8 Å². The van der Waals surface area contributed by atoms with Gasteiger partial charge in [-0.15, -0.1) is 0 Å². The maximum atomic E-state index is 11.6. The van der Waals surface area contributed by atoms with E-state index in [1.54, 1.807) is 18.2 Å². The average molecular weight is 283 g/mol. The van der Waals surface area contributed by atoms with Crippen molar-refractivity contribution in [3.63, 3.8) is 0 Å². The monoisotopic (exact) mass is 283 g/mol. The van der Waals surface area contributed by atoms with Crippen LogP contribution < -0.4 is 5.32 Å². The number of phenolic OH excluding ortho intramolecular Hbond substituents is 2. The van der Waals surface area contributed by atoms with E-state index in [1.165, 1.54) is 12.1 Å². The normalized spacial score (nSPS) is 13.1. The van der Waals surface area contributed by atoms with Gasteiger partial charge in [-0.3, -0.25) is 14.9 Å². The molecule has 106 valence electrons. The van der Waals surface area contributed by atoms with Crippen molar-refractivity contribution in [1.29, 1.82) is 0 Å². The van der Waals surface area contributed by atoms with Gasteiger partial charge < -0.3 is 10.2 Å². The summed E-state index contributed by atoms with van der Waals surface area (Å²) in [6.07, 6.45) is 1.32. The van der Waals surface area contributed by atoms with E-state index in [0.717, 1.165) is 11.1 Å². The lowest BCUT2D eigenvalue weighted by molar-refractivity contribution is 0.0879. The summed E-state index contributed by atoms with van der Waals surface area (Å²) < 4.78 is 0. The SMILES string of the molecule is O=C1NC(=O)c2cc(CCc3ccc(O)c(O)c3)ccc21. The molecule has 1 aliphatic rings. The molecule has 1 heterocycles. The number of fused-ring (bicyclic) bond motifs is 1. The molecular weight excluding hydrogens is 270 g/mol. The summed E-state index contributed by atoms with van der Waals surface area (Å²) in [4.78, 5) is 23.0. The zero-order valence-corrected chi connectivity index (χ0v) is 11.1. The van der Waals surface area contributed by atoms with E-state index in [1.807, 2.05) is 6.07 Å². The highest BCUT2D eigenvalue weighted by atomic mass is 16.3. The molecule has 0 unspecified atom stereocenters. The van der Waals surface area contributed by atoms with Gasteiger partial charge in [-0.2, -0.15) is 0 Å². The van der Waals surface area contributed by atoms with Crippen LogP contribution in [0.4, 0.5) is 0 Å². The molecule has 0 aromatic heterocycles. The number of benzene rings is 2. The van der Waals surface area contributed by atoms with Crippen molar-refractivity contribution in [2.45, 2.75) is 12.8 Å². The fraction of sp³-hybridized carbons (Fsp3) is 0.125. The first-order valence-corrected chi connectivity index (χ1v) is 6.54. The van der Waals surface area contributed by atoms with Crippen LogP contribution in [0.15, 0.2) is 36.4 Å². The number of carbonyl (C=O) groups excluding carboxylic acids is 2. The highest BCUT2D eigenvalue weighted by molar-refractivity contribution is 6.21. The van der Waals surface area contributed by atoms with Gasteiger partial charge in [0, 0.05) is 0 Å². The second-order valence-corrected chi connectivity index (χ2v) is 4.99. The van der Waals surface area contributed by atoms with Crippen molar-refractivity contribution in [3.8, 4) is 11.5 Å². The molecule has 0 radical (unpaired) electrons. The third-order valence-electron chi connectivity index (χ3n) is 3.54. The summed E-state index contributed by atoms with van der Waals surface area (Å²) in [6.45, 7) is 0. The van der Waals surface area contributed by atoms with Gasteiger partial charge in [0.15, 0.2) is 11.5 Å². The number of phenols is 2. The molecule has 5 heteroatoms. The molecule has 3 N–H and O–H groups in total. The van der Waals surface area contributed by atoms with E-state index in [9.17, 15) is 19.8 Å². The Hall–Kier alpha value is -2.82. The number of aryl methyl sites for hydroxylation is 2. The summed E-state index contributed by atoms with van der Waals surface area (Å²) in [7, 11) is 0. The number of aromatic hydroxyl groups is 2. The highest BCUT2D eigenvalue weighted by Gasteiger charge is 2.26. The van der Waals surface area contributed by atoms with Gasteiger partial charge >= 0.3 is 0 Å². The van der Waals surface area contributed by atoms with Gasteiger partial charge in [0.25, 0.3) is 11.8 Å². The molecule has 3 rings (SSSR count). The Morgan fingerprint density at radius 1 is 0.762 bits per heavy atom. The quantitative estimate of drug-likeness (QED) is 0.592. The van der Waals surface area contributed by atoms with Crippen molar-refractivity contribution in [1.82, 2.24) is 5.32 Å². The average Bonchev–Trinajstić information content (AvgIpc) is 2.75. The standard InChI is InChI=1S/C16H13NO4/c18-13-6-4-10(8-14(13)19)2-1-9-3-5-11-12(7-9)16(21)17-15(11)20/h3-8,18-19H,1-2H2,(H,17,20,21). The zero-order valence-electron chi connectivity index (χ0n) is 11.1. The van der Waals surface area contributed by atoms with E-state index >= 15 is 0 Å². The van der Waals surface area contributed by atoms with Crippen molar-refractivity contribution in [2.24, 2.45) is 0 Å². The second kappa shape index (κ2) is 4.94. The molecule has 2 amide bonds. The van der Waals surface area contributed by atoms with E-state index in [2.05, 4.69) is 5.32 Å². The minimum atomic E-state index is -0.362. The molecule has 0 spiro atoms. The van der Waals surface area contributed by atoms with E-state index in [-0.39, 0.29) is 23.3 Å². The molecule has 0 fully saturated rings. The highest BCUT2D eigenvalue weighted by Crippen LogP contribution is 2.26. The minimum Gasteiger partial charge on any atom is -0.504 e. The maximum Gasteiger partial charge on any atom is 0.258 e. The third-order valence-corrected chi connectivity index (χ3v) is 3.54. The van der Waals surface area contributed by atoms with Crippen LogP contribution in [0.25, 0.3) is 0 Å². The summed E-state index contributed by atoms with van der Waals surface area (Å²) >= 11 is 0. The first kappa shape index (κ1) is 13.2. The molecule has 2 aromatic carbocycles. The largest absolute Gasteiger partial charge is 0.504 e. The first-order valence-electron chi connectivity index (χ1n) is 6.54. The lowest BCUT2D eigenvalue weighted by Crippen LogP contribution is -2.19. The van der Waals surface area contributed by atoms with Crippen LogP contribution in [0.2, 0.25) is 0 Å². The Kier molecular flexibility index (Phi) is 3.10. The fourth-order valence-electron chi connectivity index (χ4n) is 2.38. The number of hydrogen-bond acceptors (Lipinski definition) is 4. The molecule has 21 heavy (non-hydrogen) atoms. The van der Waals surface area contributed by atoms with Gasteiger partial charge in [-0.1, -0.05) is 12.1 Å². The predicted octanol–water partition coefficient (Wildman–Crippen LogP) is 1.77. The van der Waals surface area contributed by atoms with Crippen molar-refractivity contribution in [3.05, 3.63) is 58.7 Å². The summed E-state index contributed by atoms with van der Waals surface area (Å²) in [5.41, 5.74) is 2.63. The lowest BCUT2D eigenvalue weighted by Gasteiger charge is -2.05. The first-order chi connectivity index (χ1) is 10.0. The molecule has 5 nitrogen and oxygen atoms in total. The number of rotatable bonds is 3. The van der Waals surface area contributed by atoms with Crippen LogP contribution >= 0.6 is 0 Å². The van der Waals surface area contributed by atoms with Crippen LogP contribution in [-0.4, -0.2) is 22.0 Å². The van der Waals surface area contributed by atoms with Crippen LogP contribution in [0.5, 0.6) is 11.5 Å². The number of amides is 2. The Balaban J connectivity index is 1.77. The molecule has 0 bridgehead atoms. The Morgan fingerprint density at radius 3 is 2.10 bits per heavy atom. The second-order valence-electron chi connectivity index (χ2n) is 4.99. The van der Waals surface area contributed by atoms with Crippen molar-refractivity contribution < 1.29 is 19.8 Å². The Bertz CT molecular complexity index is 752.